The number of quaternary nitrogens is 1. The van der Waals surface area contributed by atoms with Crippen molar-refractivity contribution in [2.45, 2.75) is 26.3 Å². The van der Waals surface area contributed by atoms with Crippen molar-refractivity contribution in [2.75, 3.05) is 20.1 Å². The maximum atomic E-state index is 11.6. The summed E-state index contributed by atoms with van der Waals surface area (Å²) < 4.78 is 0. The highest BCUT2D eigenvalue weighted by Gasteiger charge is 2.30. The standard InChI is InChI=1S/C11H20N4O2/c1-8(2)11(3,7-12)15-10(17)6-14-5-9(16)13-4/h8,14H,5-6H2,1-4H3,(H,13,16)(H,15,17)/p+1/t11-/m1/s1. The van der Waals surface area contributed by atoms with Gasteiger partial charge in [-0.3, -0.25) is 9.59 Å². The average Bonchev–Trinajstić information content (AvgIpc) is 2.28. The molecule has 17 heavy (non-hydrogen) atoms. The molecule has 0 heterocycles. The maximum Gasteiger partial charge on any atom is 0.276 e. The Kier molecular flexibility index (Phi) is 6.21. The molecule has 2 amide bonds. The zero-order valence-corrected chi connectivity index (χ0v) is 10.8. The second-order valence-corrected chi connectivity index (χ2v) is 4.39. The SMILES string of the molecule is CNC(=O)C[NH2+]CC(=O)N[C@](C)(C#N)C(C)C. The molecule has 96 valence electrons. The van der Waals surface area contributed by atoms with Crippen LogP contribution in [0.1, 0.15) is 20.8 Å². The first-order valence-corrected chi connectivity index (χ1v) is 5.60. The molecule has 6 heteroatoms. The van der Waals surface area contributed by atoms with Gasteiger partial charge in [0.1, 0.15) is 5.54 Å². The summed E-state index contributed by atoms with van der Waals surface area (Å²) in [5, 5.41) is 15.7. The molecule has 0 bridgehead atoms. The van der Waals surface area contributed by atoms with Gasteiger partial charge in [0, 0.05) is 7.05 Å². The fraction of sp³-hybridized carbons (Fsp3) is 0.727. The van der Waals surface area contributed by atoms with Crippen molar-refractivity contribution in [3.8, 4) is 6.07 Å². The summed E-state index contributed by atoms with van der Waals surface area (Å²) in [6, 6.07) is 2.09. The number of nitrogens with zero attached hydrogens (tertiary/aromatic N) is 1. The number of rotatable bonds is 6. The highest BCUT2D eigenvalue weighted by molar-refractivity contribution is 5.79. The van der Waals surface area contributed by atoms with Crippen molar-refractivity contribution in [1.82, 2.24) is 10.6 Å². The van der Waals surface area contributed by atoms with E-state index >= 15 is 0 Å². The van der Waals surface area contributed by atoms with Gasteiger partial charge in [-0.1, -0.05) is 13.8 Å². The quantitative estimate of drug-likeness (QED) is 0.519. The summed E-state index contributed by atoms with van der Waals surface area (Å²) in [4.78, 5) is 22.5. The number of carbonyl (C=O) groups is 2. The van der Waals surface area contributed by atoms with Gasteiger partial charge in [0.25, 0.3) is 11.8 Å². The van der Waals surface area contributed by atoms with Crippen molar-refractivity contribution >= 4 is 11.8 Å². The minimum absolute atomic E-state index is 0.0235. The molecule has 0 aromatic carbocycles. The molecule has 0 aliphatic carbocycles. The molecular weight excluding hydrogens is 220 g/mol. The molecular formula is C11H21N4O2+. The van der Waals surface area contributed by atoms with Gasteiger partial charge in [-0.2, -0.15) is 5.26 Å². The molecule has 4 N–H and O–H groups in total. The molecule has 0 fully saturated rings. The summed E-state index contributed by atoms with van der Waals surface area (Å²) >= 11 is 0. The van der Waals surface area contributed by atoms with Gasteiger partial charge >= 0.3 is 0 Å². The minimum Gasteiger partial charge on any atom is -0.354 e. The topological polar surface area (TPSA) is 98.6 Å². The summed E-state index contributed by atoms with van der Waals surface area (Å²) in [5.41, 5.74) is -0.863. The van der Waals surface area contributed by atoms with Gasteiger partial charge < -0.3 is 16.0 Å². The lowest BCUT2D eigenvalue weighted by Gasteiger charge is -2.26. The van der Waals surface area contributed by atoms with Gasteiger partial charge in [-0.15, -0.1) is 0 Å². The fourth-order valence-electron chi connectivity index (χ4n) is 1.08. The van der Waals surface area contributed by atoms with Crippen LogP contribution in [0, 0.1) is 17.2 Å². The summed E-state index contributed by atoms with van der Waals surface area (Å²) in [6.45, 7) is 5.77. The number of nitrogens with two attached hydrogens (primary N) is 1. The van der Waals surface area contributed by atoms with Crippen molar-refractivity contribution in [1.29, 1.82) is 5.26 Å². The van der Waals surface area contributed by atoms with Crippen molar-refractivity contribution in [3.63, 3.8) is 0 Å². The Hall–Kier alpha value is -1.61. The van der Waals surface area contributed by atoms with E-state index in [-0.39, 0.29) is 30.8 Å². The second-order valence-electron chi connectivity index (χ2n) is 4.39. The Balaban J connectivity index is 4.10. The van der Waals surface area contributed by atoms with Crippen LogP contribution in [0.4, 0.5) is 0 Å². The maximum absolute atomic E-state index is 11.6. The number of carbonyl (C=O) groups excluding carboxylic acids is 2. The largest absolute Gasteiger partial charge is 0.354 e. The number of hydrogen-bond acceptors (Lipinski definition) is 3. The zero-order valence-electron chi connectivity index (χ0n) is 10.8. The first-order valence-electron chi connectivity index (χ1n) is 5.60. The molecule has 0 saturated heterocycles. The first-order chi connectivity index (χ1) is 7.85. The molecule has 0 aromatic rings. The lowest BCUT2D eigenvalue weighted by Crippen LogP contribution is -2.89. The lowest BCUT2D eigenvalue weighted by atomic mass is 9.90. The normalized spacial score (nSPS) is 13.6. The Morgan fingerprint density at radius 1 is 1.35 bits per heavy atom. The average molecular weight is 241 g/mol. The Labute approximate surface area is 102 Å². The Morgan fingerprint density at radius 2 is 1.88 bits per heavy atom. The number of nitriles is 1. The summed E-state index contributed by atoms with van der Waals surface area (Å²) in [7, 11) is 1.54. The van der Waals surface area contributed by atoms with Crippen LogP contribution in [0.15, 0.2) is 0 Å². The van der Waals surface area contributed by atoms with E-state index in [0.29, 0.717) is 0 Å². The fourth-order valence-corrected chi connectivity index (χ4v) is 1.08. The van der Waals surface area contributed by atoms with E-state index in [2.05, 4.69) is 16.7 Å². The summed E-state index contributed by atoms with van der Waals surface area (Å²) in [6.07, 6.45) is 0. The van der Waals surface area contributed by atoms with E-state index in [1.807, 2.05) is 13.8 Å². The number of likely N-dealkylation sites (N-methyl/N-ethyl adjacent to an activating group) is 1. The molecule has 6 nitrogen and oxygen atoms in total. The van der Waals surface area contributed by atoms with E-state index in [4.69, 9.17) is 5.26 Å². The van der Waals surface area contributed by atoms with Crippen molar-refractivity contribution < 1.29 is 14.9 Å². The molecule has 0 saturated carbocycles. The predicted molar refractivity (Wildman–Crippen MR) is 62.7 cm³/mol. The number of nitrogens with one attached hydrogen (secondary N) is 2. The molecule has 0 aliphatic rings. The molecule has 0 aromatic heterocycles. The highest BCUT2D eigenvalue weighted by Crippen LogP contribution is 2.14. The van der Waals surface area contributed by atoms with Crippen molar-refractivity contribution in [3.05, 3.63) is 0 Å². The first kappa shape index (κ1) is 15.4. The van der Waals surface area contributed by atoms with Crippen LogP contribution in [0.3, 0.4) is 0 Å². The van der Waals surface area contributed by atoms with Crippen molar-refractivity contribution in [2.24, 2.45) is 5.92 Å². The van der Waals surface area contributed by atoms with Gasteiger partial charge in [-0.25, -0.2) is 0 Å². The Morgan fingerprint density at radius 3 is 2.29 bits per heavy atom. The monoisotopic (exact) mass is 241 g/mol. The molecule has 0 spiro atoms. The van der Waals surface area contributed by atoms with Crippen LogP contribution in [0.2, 0.25) is 0 Å². The van der Waals surface area contributed by atoms with Gasteiger partial charge in [-0.05, 0) is 12.8 Å². The predicted octanol–water partition coefficient (Wildman–Crippen LogP) is -1.65. The van der Waals surface area contributed by atoms with Gasteiger partial charge in [0.05, 0.1) is 6.07 Å². The van der Waals surface area contributed by atoms with Crippen LogP contribution in [0.25, 0.3) is 0 Å². The van der Waals surface area contributed by atoms with E-state index in [1.165, 1.54) is 0 Å². The van der Waals surface area contributed by atoms with Crippen LogP contribution in [-0.2, 0) is 9.59 Å². The molecule has 0 unspecified atom stereocenters. The number of amides is 2. The van der Waals surface area contributed by atoms with Crippen LogP contribution in [-0.4, -0.2) is 37.5 Å². The third kappa shape index (κ3) is 5.31. The van der Waals surface area contributed by atoms with E-state index in [1.54, 1.807) is 19.3 Å². The van der Waals surface area contributed by atoms with Crippen LogP contribution < -0.4 is 16.0 Å². The Bertz CT molecular complexity index is 322. The smallest absolute Gasteiger partial charge is 0.276 e. The molecule has 0 aliphatic heterocycles. The van der Waals surface area contributed by atoms with Crippen LogP contribution >= 0.6 is 0 Å². The number of hydrogen-bond donors (Lipinski definition) is 3. The lowest BCUT2D eigenvalue weighted by molar-refractivity contribution is -0.633. The van der Waals surface area contributed by atoms with Gasteiger partial charge in [0.15, 0.2) is 13.1 Å². The van der Waals surface area contributed by atoms with Gasteiger partial charge in [0.2, 0.25) is 0 Å². The third-order valence-corrected chi connectivity index (χ3v) is 2.72. The van der Waals surface area contributed by atoms with E-state index < -0.39 is 5.54 Å². The highest BCUT2D eigenvalue weighted by atomic mass is 16.2. The molecule has 0 rings (SSSR count). The zero-order chi connectivity index (χ0) is 13.5. The van der Waals surface area contributed by atoms with E-state index in [0.717, 1.165) is 0 Å². The second kappa shape index (κ2) is 6.86. The van der Waals surface area contributed by atoms with Crippen LogP contribution in [0.5, 0.6) is 0 Å². The molecule has 0 radical (unpaired) electrons. The third-order valence-electron chi connectivity index (χ3n) is 2.72. The minimum atomic E-state index is -0.863. The summed E-state index contributed by atoms with van der Waals surface area (Å²) in [5.74, 6) is -0.355. The van der Waals surface area contributed by atoms with E-state index in [9.17, 15) is 9.59 Å². The molecule has 1 atom stereocenters.